The molecule has 0 fully saturated rings. The van der Waals surface area contributed by atoms with Crippen LogP contribution in [0.5, 0.6) is 5.75 Å². The lowest BCUT2D eigenvalue weighted by atomic mass is 10.2. The third kappa shape index (κ3) is 4.09. The Kier molecular flexibility index (Phi) is 4.52. The standard InChI is InChI=1S/C18H20N2O/c1-2-7-15(8-3-1)14-21-17-10-6-9-16(13-17)20-18-11-4-5-12-19-18/h1-3,6-10,13H,4-5,11-12,14H2,(H,19,20). The molecular weight excluding hydrogens is 260 g/mol. The molecule has 2 aromatic carbocycles. The van der Waals surface area contributed by atoms with Crippen LogP contribution < -0.4 is 10.1 Å². The molecule has 0 saturated heterocycles. The van der Waals surface area contributed by atoms with Crippen LogP contribution in [0.25, 0.3) is 0 Å². The van der Waals surface area contributed by atoms with Crippen molar-refractivity contribution < 1.29 is 4.74 Å². The summed E-state index contributed by atoms with van der Waals surface area (Å²) in [5, 5.41) is 3.39. The third-order valence-electron chi connectivity index (χ3n) is 3.50. The largest absolute Gasteiger partial charge is 0.489 e. The quantitative estimate of drug-likeness (QED) is 0.908. The van der Waals surface area contributed by atoms with Gasteiger partial charge in [-0.3, -0.25) is 4.99 Å². The van der Waals surface area contributed by atoms with Crippen LogP contribution in [-0.4, -0.2) is 12.4 Å². The Bertz CT molecular complexity index is 608. The molecular formula is C18H20N2O. The van der Waals surface area contributed by atoms with Gasteiger partial charge >= 0.3 is 0 Å². The first kappa shape index (κ1) is 13.7. The van der Waals surface area contributed by atoms with Crippen molar-refractivity contribution in [2.75, 3.05) is 11.9 Å². The molecule has 1 aliphatic rings. The maximum Gasteiger partial charge on any atom is 0.121 e. The van der Waals surface area contributed by atoms with E-state index in [0.717, 1.165) is 30.2 Å². The number of nitrogens with zero attached hydrogens (tertiary/aromatic N) is 1. The first-order valence-corrected chi connectivity index (χ1v) is 7.47. The van der Waals surface area contributed by atoms with E-state index in [1.807, 2.05) is 42.5 Å². The van der Waals surface area contributed by atoms with Crippen LogP contribution in [-0.2, 0) is 6.61 Å². The molecule has 1 aliphatic heterocycles. The molecule has 0 amide bonds. The van der Waals surface area contributed by atoms with Crippen molar-refractivity contribution in [3.63, 3.8) is 0 Å². The van der Waals surface area contributed by atoms with Crippen LogP contribution in [0, 0.1) is 0 Å². The van der Waals surface area contributed by atoms with Crippen molar-refractivity contribution in [1.82, 2.24) is 0 Å². The zero-order chi connectivity index (χ0) is 14.3. The second-order valence-electron chi connectivity index (χ2n) is 5.21. The zero-order valence-corrected chi connectivity index (χ0v) is 12.1. The van der Waals surface area contributed by atoms with Crippen LogP contribution in [0.4, 0.5) is 5.69 Å². The highest BCUT2D eigenvalue weighted by molar-refractivity contribution is 5.95. The summed E-state index contributed by atoms with van der Waals surface area (Å²) in [4.78, 5) is 4.51. The van der Waals surface area contributed by atoms with Gasteiger partial charge in [0.15, 0.2) is 0 Å². The lowest BCUT2D eigenvalue weighted by Crippen LogP contribution is -2.16. The summed E-state index contributed by atoms with van der Waals surface area (Å²) in [7, 11) is 0. The lowest BCUT2D eigenvalue weighted by molar-refractivity contribution is 0.306. The van der Waals surface area contributed by atoms with Crippen LogP contribution >= 0.6 is 0 Å². The number of aliphatic imine (C=N–C) groups is 1. The smallest absolute Gasteiger partial charge is 0.121 e. The molecule has 21 heavy (non-hydrogen) atoms. The number of benzene rings is 2. The van der Waals surface area contributed by atoms with E-state index in [1.54, 1.807) is 0 Å². The maximum atomic E-state index is 5.84. The highest BCUT2D eigenvalue weighted by Crippen LogP contribution is 2.20. The van der Waals surface area contributed by atoms with Crippen LogP contribution in [0.15, 0.2) is 59.6 Å². The van der Waals surface area contributed by atoms with Crippen LogP contribution in [0.3, 0.4) is 0 Å². The minimum absolute atomic E-state index is 0.589. The number of hydrogen-bond acceptors (Lipinski definition) is 3. The molecule has 3 rings (SSSR count). The maximum absolute atomic E-state index is 5.84. The van der Waals surface area contributed by atoms with Crippen molar-refractivity contribution >= 4 is 11.5 Å². The second-order valence-corrected chi connectivity index (χ2v) is 5.21. The molecule has 108 valence electrons. The van der Waals surface area contributed by atoms with Gasteiger partial charge in [-0.25, -0.2) is 0 Å². The molecule has 1 heterocycles. The van der Waals surface area contributed by atoms with Gasteiger partial charge in [-0.15, -0.1) is 0 Å². The Morgan fingerprint density at radius 2 is 1.90 bits per heavy atom. The number of amidine groups is 1. The average molecular weight is 280 g/mol. The average Bonchev–Trinajstić information content (AvgIpc) is 2.55. The van der Waals surface area contributed by atoms with Crippen LogP contribution in [0.1, 0.15) is 24.8 Å². The Morgan fingerprint density at radius 1 is 1.00 bits per heavy atom. The number of rotatable bonds is 4. The van der Waals surface area contributed by atoms with E-state index >= 15 is 0 Å². The van der Waals surface area contributed by atoms with Gasteiger partial charge in [-0.2, -0.15) is 0 Å². The summed E-state index contributed by atoms with van der Waals surface area (Å²) >= 11 is 0. The molecule has 1 N–H and O–H groups in total. The molecule has 0 atom stereocenters. The third-order valence-corrected chi connectivity index (χ3v) is 3.50. The van der Waals surface area contributed by atoms with E-state index in [9.17, 15) is 0 Å². The van der Waals surface area contributed by atoms with E-state index in [-0.39, 0.29) is 0 Å². The van der Waals surface area contributed by atoms with Crippen molar-refractivity contribution in [3.8, 4) is 5.75 Å². The predicted octanol–water partition coefficient (Wildman–Crippen LogP) is 4.26. The molecule has 0 aliphatic carbocycles. The minimum Gasteiger partial charge on any atom is -0.489 e. The van der Waals surface area contributed by atoms with E-state index in [4.69, 9.17) is 4.74 Å². The minimum atomic E-state index is 0.589. The molecule has 0 radical (unpaired) electrons. The Morgan fingerprint density at radius 3 is 2.71 bits per heavy atom. The normalized spacial score (nSPS) is 14.4. The fourth-order valence-electron chi connectivity index (χ4n) is 2.37. The molecule has 0 aromatic heterocycles. The number of nitrogens with one attached hydrogen (secondary N) is 1. The van der Waals surface area contributed by atoms with Gasteiger partial charge in [0.25, 0.3) is 0 Å². The number of anilines is 1. The Hall–Kier alpha value is -2.29. The Balaban J connectivity index is 1.61. The summed E-state index contributed by atoms with van der Waals surface area (Å²) in [5.41, 5.74) is 2.22. The first-order chi connectivity index (χ1) is 10.4. The Labute approximate surface area is 125 Å². The van der Waals surface area contributed by atoms with Gasteiger partial charge in [-0.1, -0.05) is 36.4 Å². The molecule has 0 saturated carbocycles. The second kappa shape index (κ2) is 6.93. The predicted molar refractivity (Wildman–Crippen MR) is 87.0 cm³/mol. The van der Waals surface area contributed by atoms with Gasteiger partial charge in [-0.05, 0) is 30.5 Å². The topological polar surface area (TPSA) is 33.6 Å². The summed E-state index contributed by atoms with van der Waals surface area (Å²) < 4.78 is 5.84. The molecule has 2 aromatic rings. The summed E-state index contributed by atoms with van der Waals surface area (Å²) in [6.45, 7) is 1.53. The fraction of sp³-hybridized carbons (Fsp3) is 0.278. The van der Waals surface area contributed by atoms with E-state index in [2.05, 4.69) is 22.4 Å². The van der Waals surface area contributed by atoms with Gasteiger partial charge in [0.05, 0.1) is 0 Å². The van der Waals surface area contributed by atoms with Gasteiger partial charge in [0, 0.05) is 24.7 Å². The molecule has 3 heteroatoms. The number of ether oxygens (including phenoxy) is 1. The van der Waals surface area contributed by atoms with Crippen molar-refractivity contribution in [2.24, 2.45) is 4.99 Å². The van der Waals surface area contributed by atoms with Crippen molar-refractivity contribution in [1.29, 1.82) is 0 Å². The van der Waals surface area contributed by atoms with E-state index in [0.29, 0.717) is 6.61 Å². The summed E-state index contributed by atoms with van der Waals surface area (Å²) in [5.74, 6) is 1.96. The van der Waals surface area contributed by atoms with Gasteiger partial charge in [0.1, 0.15) is 18.2 Å². The van der Waals surface area contributed by atoms with E-state index in [1.165, 1.54) is 18.4 Å². The molecule has 0 unspecified atom stereocenters. The summed E-state index contributed by atoms with van der Waals surface area (Å²) in [6.07, 6.45) is 3.45. The fourth-order valence-corrected chi connectivity index (χ4v) is 2.37. The van der Waals surface area contributed by atoms with Crippen LogP contribution in [0.2, 0.25) is 0 Å². The highest BCUT2D eigenvalue weighted by atomic mass is 16.5. The molecule has 3 nitrogen and oxygen atoms in total. The molecule has 0 spiro atoms. The monoisotopic (exact) mass is 280 g/mol. The van der Waals surface area contributed by atoms with Crippen molar-refractivity contribution in [2.45, 2.75) is 25.9 Å². The molecule has 0 bridgehead atoms. The SMILES string of the molecule is c1ccc(COc2cccc(NC3=NCCCC3)c2)cc1. The lowest BCUT2D eigenvalue weighted by Gasteiger charge is -2.14. The van der Waals surface area contributed by atoms with Gasteiger partial charge in [0.2, 0.25) is 0 Å². The number of hydrogen-bond donors (Lipinski definition) is 1. The summed E-state index contributed by atoms with van der Waals surface area (Å²) in [6, 6.07) is 18.3. The van der Waals surface area contributed by atoms with Gasteiger partial charge < -0.3 is 10.1 Å². The first-order valence-electron chi connectivity index (χ1n) is 7.47. The van der Waals surface area contributed by atoms with Crippen molar-refractivity contribution in [3.05, 3.63) is 60.2 Å². The van der Waals surface area contributed by atoms with E-state index < -0.39 is 0 Å². The zero-order valence-electron chi connectivity index (χ0n) is 12.1. The highest BCUT2D eigenvalue weighted by Gasteiger charge is 2.05.